The van der Waals surface area contributed by atoms with Crippen LogP contribution in [0.1, 0.15) is 19.8 Å². The van der Waals surface area contributed by atoms with Gasteiger partial charge in [-0.1, -0.05) is 0 Å². The lowest BCUT2D eigenvalue weighted by atomic mass is 10.1. The van der Waals surface area contributed by atoms with E-state index in [-0.39, 0.29) is 0 Å². The molecular formula is C13H24N2O2. The average molecular weight is 240 g/mol. The molecule has 0 aromatic heterocycles. The van der Waals surface area contributed by atoms with Gasteiger partial charge in [-0.25, -0.2) is 0 Å². The number of likely N-dealkylation sites (tertiary alicyclic amines) is 1. The summed E-state index contributed by atoms with van der Waals surface area (Å²) in [6.45, 7) is 7.71. The molecule has 3 aliphatic rings. The number of epoxide rings is 2. The van der Waals surface area contributed by atoms with Gasteiger partial charge < -0.3 is 14.4 Å². The summed E-state index contributed by atoms with van der Waals surface area (Å²) < 4.78 is 10.8. The van der Waals surface area contributed by atoms with Crippen molar-refractivity contribution in [2.45, 2.75) is 44.1 Å². The Labute approximate surface area is 104 Å². The van der Waals surface area contributed by atoms with Crippen LogP contribution < -0.4 is 0 Å². The maximum Gasteiger partial charge on any atom is 0.0936 e. The summed E-state index contributed by atoms with van der Waals surface area (Å²) in [5.74, 6) is 0. The summed E-state index contributed by atoms with van der Waals surface area (Å²) >= 11 is 0. The zero-order valence-corrected chi connectivity index (χ0v) is 11.0. The molecule has 3 saturated heterocycles. The number of ether oxygens (including phenoxy) is 2. The Morgan fingerprint density at radius 1 is 1.24 bits per heavy atom. The first-order chi connectivity index (χ1) is 8.24. The Balaban J connectivity index is 1.58. The molecule has 0 aliphatic carbocycles. The maximum atomic E-state index is 5.38. The molecule has 4 unspecified atom stereocenters. The Bertz CT molecular complexity index is 252. The third-order valence-corrected chi connectivity index (χ3v) is 4.39. The summed E-state index contributed by atoms with van der Waals surface area (Å²) in [7, 11) is 2.26. The summed E-state index contributed by atoms with van der Waals surface area (Å²) in [5, 5.41) is 0. The van der Waals surface area contributed by atoms with Crippen molar-refractivity contribution in [3.05, 3.63) is 0 Å². The quantitative estimate of drug-likeness (QED) is 0.635. The van der Waals surface area contributed by atoms with E-state index in [1.165, 1.54) is 19.4 Å². The van der Waals surface area contributed by atoms with E-state index in [4.69, 9.17) is 9.47 Å². The molecule has 0 radical (unpaired) electrons. The highest BCUT2D eigenvalue weighted by Crippen LogP contribution is 2.25. The molecule has 3 rings (SSSR count). The minimum absolute atomic E-state index is 0.489. The van der Waals surface area contributed by atoms with E-state index in [1.807, 2.05) is 0 Å². The minimum Gasteiger partial charge on any atom is -0.372 e. The molecule has 4 nitrogen and oxygen atoms in total. The molecule has 3 aliphatic heterocycles. The van der Waals surface area contributed by atoms with E-state index in [0.717, 1.165) is 26.3 Å². The number of rotatable bonds is 6. The molecule has 3 fully saturated rings. The zero-order chi connectivity index (χ0) is 11.8. The summed E-state index contributed by atoms with van der Waals surface area (Å²) in [6, 6.07) is 1.34. The minimum atomic E-state index is 0.489. The van der Waals surface area contributed by atoms with Gasteiger partial charge in [0.25, 0.3) is 0 Å². The molecule has 0 aromatic rings. The van der Waals surface area contributed by atoms with E-state index >= 15 is 0 Å². The third kappa shape index (κ3) is 2.99. The molecule has 0 N–H and O–H groups in total. The van der Waals surface area contributed by atoms with Gasteiger partial charge >= 0.3 is 0 Å². The molecule has 0 aromatic carbocycles. The van der Waals surface area contributed by atoms with Crippen molar-refractivity contribution in [1.82, 2.24) is 9.80 Å². The molecule has 0 amide bonds. The van der Waals surface area contributed by atoms with Crippen molar-refractivity contribution in [2.75, 3.05) is 39.9 Å². The Hall–Kier alpha value is -0.160. The van der Waals surface area contributed by atoms with Crippen LogP contribution in [-0.4, -0.2) is 74.0 Å². The molecule has 98 valence electrons. The van der Waals surface area contributed by atoms with Crippen LogP contribution >= 0.6 is 0 Å². The molecule has 4 atom stereocenters. The second-order valence-electron chi connectivity index (χ2n) is 5.80. The molecule has 3 heterocycles. The fraction of sp³-hybridized carbons (Fsp3) is 1.00. The summed E-state index contributed by atoms with van der Waals surface area (Å²) in [6.07, 6.45) is 3.66. The molecule has 0 bridgehead atoms. The lowest BCUT2D eigenvalue weighted by molar-refractivity contribution is 0.110. The highest BCUT2D eigenvalue weighted by atomic mass is 16.6. The van der Waals surface area contributed by atoms with Gasteiger partial charge in [-0.15, -0.1) is 0 Å². The van der Waals surface area contributed by atoms with Crippen molar-refractivity contribution < 1.29 is 9.47 Å². The van der Waals surface area contributed by atoms with Crippen LogP contribution in [-0.2, 0) is 9.47 Å². The lowest BCUT2D eigenvalue weighted by Crippen LogP contribution is -2.49. The molecule has 17 heavy (non-hydrogen) atoms. The number of nitrogens with zero attached hydrogens (tertiary/aromatic N) is 2. The van der Waals surface area contributed by atoms with Crippen LogP contribution in [0, 0.1) is 0 Å². The number of hydrogen-bond donors (Lipinski definition) is 0. The van der Waals surface area contributed by atoms with E-state index < -0.39 is 0 Å². The van der Waals surface area contributed by atoms with Crippen LogP contribution in [0.5, 0.6) is 0 Å². The predicted octanol–water partition coefficient (Wildman–Crippen LogP) is 0.569. The van der Waals surface area contributed by atoms with Crippen LogP contribution in [0.4, 0.5) is 0 Å². The van der Waals surface area contributed by atoms with Crippen molar-refractivity contribution >= 4 is 0 Å². The van der Waals surface area contributed by atoms with Crippen molar-refractivity contribution in [2.24, 2.45) is 0 Å². The second kappa shape index (κ2) is 4.84. The Kier molecular flexibility index (Phi) is 3.39. The second-order valence-corrected chi connectivity index (χ2v) is 5.80. The SMILES string of the molecule is CC(C1CCCN1C)N(CC1CO1)CC1CO1. The van der Waals surface area contributed by atoms with Crippen molar-refractivity contribution in [3.63, 3.8) is 0 Å². The zero-order valence-electron chi connectivity index (χ0n) is 11.0. The van der Waals surface area contributed by atoms with E-state index in [2.05, 4.69) is 23.8 Å². The first-order valence-corrected chi connectivity index (χ1v) is 6.91. The first-order valence-electron chi connectivity index (χ1n) is 6.91. The van der Waals surface area contributed by atoms with Crippen LogP contribution in [0.2, 0.25) is 0 Å². The third-order valence-electron chi connectivity index (χ3n) is 4.39. The normalized spacial score (nSPS) is 38.6. The van der Waals surface area contributed by atoms with Crippen LogP contribution in [0.3, 0.4) is 0 Å². The highest BCUT2D eigenvalue weighted by Gasteiger charge is 2.37. The van der Waals surface area contributed by atoms with E-state index in [9.17, 15) is 0 Å². The van der Waals surface area contributed by atoms with Gasteiger partial charge in [-0.3, -0.25) is 4.90 Å². The molecular weight excluding hydrogens is 216 g/mol. The van der Waals surface area contributed by atoms with Gasteiger partial charge in [0.2, 0.25) is 0 Å². The standard InChI is InChI=1S/C13H24N2O2/c1-10(13-4-3-5-14(13)2)15(6-11-8-16-11)7-12-9-17-12/h10-13H,3-9H2,1-2H3. The van der Waals surface area contributed by atoms with E-state index in [0.29, 0.717) is 24.3 Å². The van der Waals surface area contributed by atoms with E-state index in [1.54, 1.807) is 0 Å². The van der Waals surface area contributed by atoms with Gasteiger partial charge in [-0.2, -0.15) is 0 Å². The smallest absolute Gasteiger partial charge is 0.0936 e. The Morgan fingerprint density at radius 2 is 1.82 bits per heavy atom. The molecule has 0 saturated carbocycles. The fourth-order valence-electron chi connectivity index (χ4n) is 3.07. The Morgan fingerprint density at radius 3 is 2.24 bits per heavy atom. The summed E-state index contributed by atoms with van der Waals surface area (Å²) in [4.78, 5) is 5.10. The largest absolute Gasteiger partial charge is 0.372 e. The number of hydrogen-bond acceptors (Lipinski definition) is 4. The first kappa shape index (κ1) is 11.9. The van der Waals surface area contributed by atoms with Crippen molar-refractivity contribution in [3.8, 4) is 0 Å². The predicted molar refractivity (Wildman–Crippen MR) is 66.2 cm³/mol. The van der Waals surface area contributed by atoms with Crippen LogP contribution in [0.15, 0.2) is 0 Å². The van der Waals surface area contributed by atoms with Gasteiger partial charge in [0.15, 0.2) is 0 Å². The van der Waals surface area contributed by atoms with Gasteiger partial charge in [-0.05, 0) is 33.4 Å². The maximum absolute atomic E-state index is 5.38. The average Bonchev–Trinajstić information content (AvgIpc) is 3.21. The molecule has 0 spiro atoms. The number of likely N-dealkylation sites (N-methyl/N-ethyl adjacent to an activating group) is 1. The van der Waals surface area contributed by atoms with Crippen molar-refractivity contribution in [1.29, 1.82) is 0 Å². The fourth-order valence-corrected chi connectivity index (χ4v) is 3.07. The van der Waals surface area contributed by atoms with Crippen LogP contribution in [0.25, 0.3) is 0 Å². The monoisotopic (exact) mass is 240 g/mol. The van der Waals surface area contributed by atoms with Gasteiger partial charge in [0, 0.05) is 25.2 Å². The summed E-state index contributed by atoms with van der Waals surface area (Å²) in [5.41, 5.74) is 0. The molecule has 4 heteroatoms. The topological polar surface area (TPSA) is 31.5 Å². The van der Waals surface area contributed by atoms with Gasteiger partial charge in [0.05, 0.1) is 25.4 Å². The van der Waals surface area contributed by atoms with Gasteiger partial charge in [0.1, 0.15) is 0 Å². The highest BCUT2D eigenvalue weighted by molar-refractivity contribution is 4.91. The lowest BCUT2D eigenvalue weighted by Gasteiger charge is -2.35.